The monoisotopic (exact) mass is 380 g/mol. The lowest BCUT2D eigenvalue weighted by Crippen LogP contribution is -2.24. The molecule has 0 spiro atoms. The minimum absolute atomic E-state index is 0.0353. The van der Waals surface area contributed by atoms with Crippen LogP contribution in [-0.2, 0) is 16.6 Å². The van der Waals surface area contributed by atoms with Crippen molar-refractivity contribution in [3.8, 4) is 5.69 Å². The molecule has 0 radical (unpaired) electrons. The number of primary sulfonamides is 1. The lowest BCUT2D eigenvalue weighted by atomic mass is 10.3. The molecule has 0 aliphatic rings. The first-order valence-electron chi connectivity index (χ1n) is 7.02. The molecule has 3 aromatic rings. The van der Waals surface area contributed by atoms with E-state index < -0.39 is 15.9 Å². The maximum Gasteiger partial charge on any atom is 0.270 e. The van der Waals surface area contributed by atoms with Gasteiger partial charge in [0, 0.05) is 10.6 Å². The highest BCUT2D eigenvalue weighted by Gasteiger charge is 2.15. The molecule has 2 aromatic heterocycles. The summed E-state index contributed by atoms with van der Waals surface area (Å²) in [5.41, 5.74) is 0.867. The Labute approximate surface area is 147 Å². The van der Waals surface area contributed by atoms with Gasteiger partial charge < -0.3 is 5.32 Å². The summed E-state index contributed by atoms with van der Waals surface area (Å²) < 4.78 is 37.1. The number of amides is 1. The van der Waals surface area contributed by atoms with E-state index in [1.807, 2.05) is 0 Å². The molecule has 0 bridgehead atoms. The molecule has 10 heteroatoms. The van der Waals surface area contributed by atoms with Gasteiger partial charge in [-0.1, -0.05) is 0 Å². The van der Waals surface area contributed by atoms with Crippen molar-refractivity contribution in [1.82, 2.24) is 14.9 Å². The van der Waals surface area contributed by atoms with E-state index in [4.69, 9.17) is 5.14 Å². The van der Waals surface area contributed by atoms with Crippen molar-refractivity contribution in [2.45, 2.75) is 10.8 Å². The molecule has 7 nitrogen and oxygen atoms in total. The number of carbonyl (C=O) groups is 1. The molecule has 0 unspecified atom stereocenters. The van der Waals surface area contributed by atoms with Gasteiger partial charge in [0.2, 0.25) is 10.0 Å². The molecule has 2 heterocycles. The number of imidazole rings is 1. The van der Waals surface area contributed by atoms with Crippen molar-refractivity contribution >= 4 is 27.3 Å². The Morgan fingerprint density at radius 3 is 2.60 bits per heavy atom. The standard InChI is InChI=1S/C15H13FN4O3S2/c16-10-1-3-11(4-2-10)20-9-18-8-13(20)15(21)19-7-12-5-6-14(24-12)25(17,22)23/h1-6,8-9H,7H2,(H,19,21)(H2,17,22,23). The number of nitrogens with two attached hydrogens (primary N) is 1. The van der Waals surface area contributed by atoms with Crippen molar-refractivity contribution in [2.75, 3.05) is 0 Å². The quantitative estimate of drug-likeness (QED) is 0.702. The lowest BCUT2D eigenvalue weighted by Gasteiger charge is -2.08. The molecule has 130 valence electrons. The maximum absolute atomic E-state index is 13.0. The normalized spacial score (nSPS) is 11.4. The van der Waals surface area contributed by atoms with Crippen molar-refractivity contribution < 1.29 is 17.6 Å². The summed E-state index contributed by atoms with van der Waals surface area (Å²) in [6.07, 6.45) is 2.84. The number of halogens is 1. The number of nitrogens with zero attached hydrogens (tertiary/aromatic N) is 2. The van der Waals surface area contributed by atoms with Gasteiger partial charge in [-0.2, -0.15) is 0 Å². The summed E-state index contributed by atoms with van der Waals surface area (Å²) in [4.78, 5) is 17.0. The Morgan fingerprint density at radius 2 is 1.96 bits per heavy atom. The van der Waals surface area contributed by atoms with Crippen LogP contribution in [0.15, 0.2) is 53.1 Å². The van der Waals surface area contributed by atoms with Crippen molar-refractivity contribution in [1.29, 1.82) is 0 Å². The predicted octanol–water partition coefficient (Wildman–Crippen LogP) is 1.65. The van der Waals surface area contributed by atoms with E-state index in [9.17, 15) is 17.6 Å². The topological polar surface area (TPSA) is 107 Å². The molecule has 1 aromatic carbocycles. The highest BCUT2D eigenvalue weighted by atomic mass is 32.2. The number of thiophene rings is 1. The zero-order valence-electron chi connectivity index (χ0n) is 12.7. The average molecular weight is 380 g/mol. The van der Waals surface area contributed by atoms with Gasteiger partial charge in [0.1, 0.15) is 15.7 Å². The lowest BCUT2D eigenvalue weighted by molar-refractivity contribution is 0.0944. The van der Waals surface area contributed by atoms with E-state index in [1.165, 1.54) is 47.4 Å². The van der Waals surface area contributed by atoms with E-state index >= 15 is 0 Å². The summed E-state index contributed by atoms with van der Waals surface area (Å²) in [7, 11) is -3.75. The Hall–Kier alpha value is -2.56. The van der Waals surface area contributed by atoms with E-state index in [-0.39, 0.29) is 22.3 Å². The predicted molar refractivity (Wildman–Crippen MR) is 90.4 cm³/mol. The third-order valence-corrected chi connectivity index (χ3v) is 5.84. The van der Waals surface area contributed by atoms with E-state index in [0.717, 1.165) is 11.3 Å². The molecule has 1 amide bonds. The Balaban J connectivity index is 1.73. The third kappa shape index (κ3) is 3.92. The van der Waals surface area contributed by atoms with Crippen LogP contribution in [0.2, 0.25) is 0 Å². The third-order valence-electron chi connectivity index (χ3n) is 3.32. The van der Waals surface area contributed by atoms with Crippen LogP contribution in [0.4, 0.5) is 4.39 Å². The number of hydrogen-bond donors (Lipinski definition) is 2. The summed E-state index contributed by atoms with van der Waals surface area (Å²) in [6.45, 7) is 0.146. The number of hydrogen-bond acceptors (Lipinski definition) is 5. The van der Waals surface area contributed by atoms with Crippen LogP contribution in [0.3, 0.4) is 0 Å². The van der Waals surface area contributed by atoms with Crippen LogP contribution in [0, 0.1) is 5.82 Å². The largest absolute Gasteiger partial charge is 0.346 e. The van der Waals surface area contributed by atoms with Gasteiger partial charge in [-0.25, -0.2) is 22.9 Å². The molecule has 0 saturated carbocycles. The van der Waals surface area contributed by atoms with Crippen LogP contribution in [0.1, 0.15) is 15.4 Å². The minimum atomic E-state index is -3.75. The van der Waals surface area contributed by atoms with Gasteiger partial charge in [-0.15, -0.1) is 11.3 Å². The zero-order chi connectivity index (χ0) is 18.0. The first-order chi connectivity index (χ1) is 11.8. The fourth-order valence-electron chi connectivity index (χ4n) is 2.13. The van der Waals surface area contributed by atoms with Gasteiger partial charge in [-0.3, -0.25) is 9.36 Å². The molecule has 0 fully saturated rings. The SMILES string of the molecule is NS(=O)(=O)c1ccc(CNC(=O)c2cncn2-c2ccc(F)cc2)s1. The number of rotatable bonds is 5. The Bertz CT molecular complexity index is 1010. The Morgan fingerprint density at radius 1 is 1.24 bits per heavy atom. The number of aromatic nitrogens is 2. The highest BCUT2D eigenvalue weighted by Crippen LogP contribution is 2.20. The summed E-state index contributed by atoms with van der Waals surface area (Å²) in [6, 6.07) is 8.62. The van der Waals surface area contributed by atoms with Gasteiger partial charge in [0.15, 0.2) is 0 Å². The van der Waals surface area contributed by atoms with Crippen molar-refractivity contribution in [2.24, 2.45) is 5.14 Å². The first-order valence-corrected chi connectivity index (χ1v) is 9.39. The van der Waals surface area contributed by atoms with Gasteiger partial charge in [0.25, 0.3) is 5.91 Å². The number of benzene rings is 1. The van der Waals surface area contributed by atoms with Crippen LogP contribution in [0.25, 0.3) is 5.69 Å². The van der Waals surface area contributed by atoms with Crippen LogP contribution in [0.5, 0.6) is 0 Å². The molecular formula is C15H13FN4O3S2. The minimum Gasteiger partial charge on any atom is -0.346 e. The van der Waals surface area contributed by atoms with Gasteiger partial charge >= 0.3 is 0 Å². The van der Waals surface area contributed by atoms with Crippen molar-refractivity contribution in [3.63, 3.8) is 0 Å². The molecule has 25 heavy (non-hydrogen) atoms. The van der Waals surface area contributed by atoms with E-state index in [0.29, 0.717) is 10.6 Å². The zero-order valence-corrected chi connectivity index (χ0v) is 14.3. The average Bonchev–Trinajstić information content (AvgIpc) is 3.22. The molecule has 0 aliphatic carbocycles. The van der Waals surface area contributed by atoms with E-state index in [2.05, 4.69) is 10.3 Å². The summed E-state index contributed by atoms with van der Waals surface area (Å²) in [5.74, 6) is -0.773. The first kappa shape index (κ1) is 17.3. The van der Waals surface area contributed by atoms with E-state index in [1.54, 1.807) is 6.07 Å². The molecule has 0 aliphatic heterocycles. The molecule has 0 atom stereocenters. The fourth-order valence-corrected chi connectivity index (χ4v) is 3.85. The van der Waals surface area contributed by atoms with Crippen molar-refractivity contribution in [3.05, 3.63) is 65.3 Å². The summed E-state index contributed by atoms with van der Waals surface area (Å²) >= 11 is 0.989. The molecule has 3 rings (SSSR count). The van der Waals surface area contributed by atoms with Crippen LogP contribution in [-0.4, -0.2) is 23.9 Å². The summed E-state index contributed by atoms with van der Waals surface area (Å²) in [5, 5.41) is 7.74. The Kier molecular flexibility index (Phi) is 4.66. The fraction of sp³-hybridized carbons (Fsp3) is 0.0667. The van der Waals surface area contributed by atoms with Gasteiger partial charge in [0.05, 0.1) is 19.1 Å². The number of sulfonamides is 1. The van der Waals surface area contributed by atoms with Crippen LogP contribution < -0.4 is 10.5 Å². The molecular weight excluding hydrogens is 367 g/mol. The molecule has 3 N–H and O–H groups in total. The second-order valence-electron chi connectivity index (χ2n) is 5.07. The molecule has 0 saturated heterocycles. The van der Waals surface area contributed by atoms with Crippen LogP contribution >= 0.6 is 11.3 Å². The number of carbonyl (C=O) groups excluding carboxylic acids is 1. The smallest absolute Gasteiger partial charge is 0.270 e. The maximum atomic E-state index is 13.0. The second-order valence-corrected chi connectivity index (χ2v) is 8.03. The second kappa shape index (κ2) is 6.75. The van der Waals surface area contributed by atoms with Gasteiger partial charge in [-0.05, 0) is 36.4 Å². The highest BCUT2D eigenvalue weighted by molar-refractivity contribution is 7.91. The number of nitrogens with one attached hydrogen (secondary N) is 1.